The van der Waals surface area contributed by atoms with Gasteiger partial charge in [-0.1, -0.05) is 24.5 Å². The zero-order valence-corrected chi connectivity index (χ0v) is 7.43. The van der Waals surface area contributed by atoms with Gasteiger partial charge in [0.25, 0.3) is 0 Å². The Labute approximate surface area is 69.8 Å². The smallest absolute Gasteiger partial charge is 0.178 e. The Morgan fingerprint density at radius 1 is 1.64 bits per heavy atom. The summed E-state index contributed by atoms with van der Waals surface area (Å²) in [6, 6.07) is 0. The van der Waals surface area contributed by atoms with Crippen LogP contribution in [-0.4, -0.2) is 20.9 Å². The maximum absolute atomic E-state index is 3.17. The minimum absolute atomic E-state index is 0.748. The summed E-state index contributed by atoms with van der Waals surface area (Å²) in [6.45, 7) is 3.43. The number of hydrogen-bond acceptors (Lipinski definition) is 1. The van der Waals surface area contributed by atoms with Crippen LogP contribution in [0.25, 0.3) is 0 Å². The highest BCUT2D eigenvalue weighted by molar-refractivity contribution is 6.52. The molecule has 60 valence electrons. The molecule has 11 heavy (non-hydrogen) atoms. The van der Waals surface area contributed by atoms with Crippen molar-refractivity contribution in [2.75, 3.05) is 13.6 Å². The van der Waals surface area contributed by atoms with Crippen molar-refractivity contribution < 1.29 is 0 Å². The van der Waals surface area contributed by atoms with E-state index in [4.69, 9.17) is 0 Å². The first-order chi connectivity index (χ1) is 5.34. The average molecular weight is 149 g/mol. The van der Waals surface area contributed by atoms with Gasteiger partial charge < -0.3 is 5.32 Å². The molecule has 0 aliphatic carbocycles. The van der Waals surface area contributed by atoms with Gasteiger partial charge in [-0.2, -0.15) is 0 Å². The predicted molar refractivity (Wildman–Crippen MR) is 52.1 cm³/mol. The minimum atomic E-state index is 0.748. The molecule has 0 radical (unpaired) electrons. The molecule has 1 nitrogen and oxygen atoms in total. The number of hydrogen-bond donors (Lipinski definition) is 1. The van der Waals surface area contributed by atoms with Gasteiger partial charge in [0.2, 0.25) is 0 Å². The Balaban J connectivity index is 2.24. The van der Waals surface area contributed by atoms with Crippen molar-refractivity contribution in [1.82, 2.24) is 5.32 Å². The van der Waals surface area contributed by atoms with Gasteiger partial charge in [-0.25, -0.2) is 0 Å². The first-order valence-electron chi connectivity index (χ1n) is 4.34. The molecule has 0 saturated heterocycles. The van der Waals surface area contributed by atoms with Crippen LogP contribution in [0.5, 0.6) is 0 Å². The molecule has 1 unspecified atom stereocenters. The summed E-state index contributed by atoms with van der Waals surface area (Å²) < 4.78 is 0. The Morgan fingerprint density at radius 2 is 2.45 bits per heavy atom. The predicted octanol–water partition coefficient (Wildman–Crippen LogP) is 1.08. The molecule has 1 N–H and O–H groups in total. The van der Waals surface area contributed by atoms with Crippen LogP contribution in [0.2, 0.25) is 0 Å². The van der Waals surface area contributed by atoms with Gasteiger partial charge >= 0.3 is 0 Å². The summed E-state index contributed by atoms with van der Waals surface area (Å²) in [4.78, 5) is 0. The van der Waals surface area contributed by atoms with Crippen LogP contribution in [0.15, 0.2) is 23.6 Å². The van der Waals surface area contributed by atoms with Crippen molar-refractivity contribution in [3.8, 4) is 0 Å². The number of nitrogens with one attached hydrogen (secondary N) is 1. The summed E-state index contributed by atoms with van der Waals surface area (Å²) >= 11 is 0. The first kappa shape index (κ1) is 8.60. The van der Waals surface area contributed by atoms with Crippen LogP contribution < -0.4 is 5.32 Å². The molecule has 0 saturated carbocycles. The Bertz CT molecular complexity index is 172. The van der Waals surface area contributed by atoms with E-state index in [9.17, 15) is 0 Å². The third-order valence-electron chi connectivity index (χ3n) is 2.26. The van der Waals surface area contributed by atoms with Gasteiger partial charge in [0.15, 0.2) is 7.28 Å². The van der Waals surface area contributed by atoms with Gasteiger partial charge in [0.05, 0.1) is 0 Å². The normalized spacial score (nSPS) is 17.8. The lowest BCUT2D eigenvalue weighted by molar-refractivity contribution is 0.602. The molecule has 1 aliphatic heterocycles. The highest BCUT2D eigenvalue weighted by Crippen LogP contribution is 2.16. The van der Waals surface area contributed by atoms with Crippen LogP contribution in [0, 0.1) is 5.92 Å². The van der Waals surface area contributed by atoms with E-state index in [2.05, 4.69) is 30.4 Å². The van der Waals surface area contributed by atoms with Gasteiger partial charge in [-0.05, 0) is 25.9 Å². The minimum Gasteiger partial charge on any atom is -0.320 e. The standard InChI is InChI=1S/C9H16BN/c1-8(5-7-11-2)9-4-3-6-10-9/h3-4,6,8,10-11H,5,7H2,1-2H3. The lowest BCUT2D eigenvalue weighted by Crippen LogP contribution is -2.13. The molecule has 1 rings (SSSR count). The molecular weight excluding hydrogens is 133 g/mol. The lowest BCUT2D eigenvalue weighted by atomic mass is 9.67. The van der Waals surface area contributed by atoms with Crippen molar-refractivity contribution in [3.63, 3.8) is 0 Å². The first-order valence-corrected chi connectivity index (χ1v) is 4.34. The lowest BCUT2D eigenvalue weighted by Gasteiger charge is -2.11. The van der Waals surface area contributed by atoms with Crippen molar-refractivity contribution in [3.05, 3.63) is 23.6 Å². The van der Waals surface area contributed by atoms with Crippen molar-refractivity contribution in [2.24, 2.45) is 5.92 Å². The van der Waals surface area contributed by atoms with Gasteiger partial charge in [-0.3, -0.25) is 0 Å². The summed E-state index contributed by atoms with van der Waals surface area (Å²) in [6.07, 6.45) is 5.66. The van der Waals surface area contributed by atoms with E-state index in [0.717, 1.165) is 12.5 Å². The highest BCUT2D eigenvalue weighted by atomic mass is 14.8. The molecule has 0 aromatic rings. The number of rotatable bonds is 4. The quantitative estimate of drug-likeness (QED) is 0.589. The van der Waals surface area contributed by atoms with Gasteiger partial charge in [0, 0.05) is 0 Å². The molecule has 0 fully saturated rings. The fourth-order valence-corrected chi connectivity index (χ4v) is 1.38. The second-order valence-electron chi connectivity index (χ2n) is 3.17. The molecule has 1 heterocycles. The summed E-state index contributed by atoms with van der Waals surface area (Å²) in [5.74, 6) is 2.98. The number of allylic oxidation sites excluding steroid dienone is 3. The topological polar surface area (TPSA) is 12.0 Å². The Morgan fingerprint density at radius 3 is 3.00 bits per heavy atom. The van der Waals surface area contributed by atoms with E-state index in [-0.39, 0.29) is 0 Å². The van der Waals surface area contributed by atoms with E-state index in [1.807, 2.05) is 7.05 Å². The molecule has 0 aromatic carbocycles. The highest BCUT2D eigenvalue weighted by Gasteiger charge is 2.09. The van der Waals surface area contributed by atoms with Crippen molar-refractivity contribution >= 4 is 7.28 Å². The molecule has 2 heteroatoms. The average Bonchev–Trinajstić information content (AvgIpc) is 2.52. The summed E-state index contributed by atoms with van der Waals surface area (Å²) in [7, 11) is 3.18. The Hall–Kier alpha value is -0.495. The summed E-state index contributed by atoms with van der Waals surface area (Å²) in [5.41, 5.74) is 1.58. The molecular formula is C9H16BN. The van der Waals surface area contributed by atoms with Crippen LogP contribution in [0.3, 0.4) is 0 Å². The fourth-order valence-electron chi connectivity index (χ4n) is 1.38. The molecule has 0 amide bonds. The zero-order chi connectivity index (χ0) is 8.10. The van der Waals surface area contributed by atoms with Gasteiger partial charge in [-0.15, -0.1) is 5.98 Å². The van der Waals surface area contributed by atoms with Crippen LogP contribution in [0.1, 0.15) is 13.3 Å². The van der Waals surface area contributed by atoms with Crippen LogP contribution in [0.4, 0.5) is 0 Å². The SMILES string of the molecule is CNCCC(C)C1=CC=CB1. The summed E-state index contributed by atoms with van der Waals surface area (Å²) in [5, 5.41) is 3.17. The van der Waals surface area contributed by atoms with Crippen molar-refractivity contribution in [1.29, 1.82) is 0 Å². The molecule has 0 aromatic heterocycles. The maximum atomic E-state index is 3.17. The van der Waals surface area contributed by atoms with E-state index in [1.165, 1.54) is 13.7 Å². The molecule has 0 spiro atoms. The van der Waals surface area contributed by atoms with Crippen molar-refractivity contribution in [2.45, 2.75) is 13.3 Å². The molecule has 1 atom stereocenters. The molecule has 1 aliphatic rings. The van der Waals surface area contributed by atoms with Gasteiger partial charge in [0.1, 0.15) is 0 Å². The van der Waals surface area contributed by atoms with E-state index < -0.39 is 0 Å². The maximum Gasteiger partial charge on any atom is 0.178 e. The van der Waals surface area contributed by atoms with Crippen LogP contribution in [-0.2, 0) is 0 Å². The Kier molecular flexibility index (Phi) is 3.44. The molecule has 0 bridgehead atoms. The fraction of sp³-hybridized carbons (Fsp3) is 0.556. The van der Waals surface area contributed by atoms with Crippen LogP contribution >= 0.6 is 0 Å². The zero-order valence-electron chi connectivity index (χ0n) is 7.43. The van der Waals surface area contributed by atoms with E-state index in [0.29, 0.717) is 0 Å². The second-order valence-corrected chi connectivity index (χ2v) is 3.17. The largest absolute Gasteiger partial charge is 0.320 e. The van der Waals surface area contributed by atoms with E-state index >= 15 is 0 Å². The third-order valence-corrected chi connectivity index (χ3v) is 2.26. The third kappa shape index (κ3) is 2.54. The second kappa shape index (κ2) is 4.40. The monoisotopic (exact) mass is 149 g/mol. The van der Waals surface area contributed by atoms with E-state index in [1.54, 1.807) is 5.47 Å².